The number of thiazole rings is 1. The molecule has 0 fully saturated rings. The van der Waals surface area contributed by atoms with Crippen LogP contribution in [0.3, 0.4) is 0 Å². The maximum Gasteiger partial charge on any atom is 0.305 e. The molecule has 0 spiro atoms. The predicted octanol–water partition coefficient (Wildman–Crippen LogP) is 0.798. The van der Waals surface area contributed by atoms with Crippen LogP contribution in [0.4, 0.5) is 5.13 Å². The first-order chi connectivity index (χ1) is 8.13. The maximum atomic E-state index is 11.5. The summed E-state index contributed by atoms with van der Waals surface area (Å²) in [4.78, 5) is 26.3. The van der Waals surface area contributed by atoms with Crippen LogP contribution in [0, 0.1) is 0 Å². The minimum absolute atomic E-state index is 0.250. The highest BCUT2D eigenvalue weighted by Crippen LogP contribution is 2.10. The van der Waals surface area contributed by atoms with Gasteiger partial charge < -0.3 is 15.8 Å². The fraction of sp³-hybridized carbons (Fsp3) is 0.500. The molecule has 1 amide bonds. The number of nitrogens with one attached hydrogen (secondary N) is 1. The lowest BCUT2D eigenvalue weighted by molar-refractivity contribution is -0.143. The lowest BCUT2D eigenvalue weighted by Gasteiger charge is -2.03. The average Bonchev–Trinajstić information content (AvgIpc) is 2.71. The van der Waals surface area contributed by atoms with Gasteiger partial charge in [-0.3, -0.25) is 9.59 Å². The lowest BCUT2D eigenvalue weighted by Crippen LogP contribution is -2.25. The van der Waals surface area contributed by atoms with E-state index in [4.69, 9.17) is 10.5 Å². The van der Waals surface area contributed by atoms with Gasteiger partial charge in [-0.25, -0.2) is 4.98 Å². The highest BCUT2D eigenvalue weighted by molar-refractivity contribution is 7.13. The van der Waals surface area contributed by atoms with E-state index in [0.717, 1.165) is 0 Å². The van der Waals surface area contributed by atoms with Gasteiger partial charge in [0.05, 0.1) is 6.61 Å². The SMILES string of the molecule is CCOC(=O)CCCNC(=O)c1csc(N)n1. The molecule has 0 aromatic carbocycles. The summed E-state index contributed by atoms with van der Waals surface area (Å²) in [5, 5.41) is 4.61. The fourth-order valence-corrected chi connectivity index (χ4v) is 1.69. The molecular weight excluding hydrogens is 242 g/mol. The van der Waals surface area contributed by atoms with Gasteiger partial charge in [0, 0.05) is 18.3 Å². The number of ether oxygens (including phenoxy) is 1. The number of carbonyl (C=O) groups is 2. The normalized spacial score (nSPS) is 9.94. The molecule has 0 atom stereocenters. The van der Waals surface area contributed by atoms with E-state index in [1.165, 1.54) is 11.3 Å². The number of amides is 1. The Morgan fingerprint density at radius 2 is 2.35 bits per heavy atom. The van der Waals surface area contributed by atoms with Gasteiger partial charge in [-0.05, 0) is 13.3 Å². The van der Waals surface area contributed by atoms with Gasteiger partial charge in [-0.1, -0.05) is 0 Å². The largest absolute Gasteiger partial charge is 0.466 e. The molecule has 0 aliphatic heterocycles. The van der Waals surface area contributed by atoms with Gasteiger partial charge in [-0.15, -0.1) is 11.3 Å². The van der Waals surface area contributed by atoms with Crippen LogP contribution in [-0.4, -0.2) is 30.0 Å². The van der Waals surface area contributed by atoms with E-state index in [0.29, 0.717) is 36.8 Å². The predicted molar refractivity (Wildman–Crippen MR) is 64.7 cm³/mol. The zero-order valence-electron chi connectivity index (χ0n) is 9.56. The van der Waals surface area contributed by atoms with Crippen LogP contribution in [0.25, 0.3) is 0 Å². The molecule has 0 saturated carbocycles. The number of nitrogens with zero attached hydrogens (tertiary/aromatic N) is 1. The minimum Gasteiger partial charge on any atom is -0.466 e. The second-order valence-electron chi connectivity index (χ2n) is 3.24. The van der Waals surface area contributed by atoms with Crippen molar-refractivity contribution in [3.63, 3.8) is 0 Å². The van der Waals surface area contributed by atoms with E-state index < -0.39 is 0 Å². The Kier molecular flexibility index (Phi) is 5.41. The summed E-state index contributed by atoms with van der Waals surface area (Å²) in [6, 6.07) is 0. The van der Waals surface area contributed by atoms with E-state index >= 15 is 0 Å². The molecule has 0 aliphatic carbocycles. The minimum atomic E-state index is -0.276. The molecule has 17 heavy (non-hydrogen) atoms. The third-order valence-corrected chi connectivity index (χ3v) is 2.58. The molecule has 3 N–H and O–H groups in total. The van der Waals surface area contributed by atoms with Crippen LogP contribution in [0.1, 0.15) is 30.3 Å². The third kappa shape index (κ3) is 4.81. The van der Waals surface area contributed by atoms with Gasteiger partial charge in [0.2, 0.25) is 0 Å². The summed E-state index contributed by atoms with van der Waals surface area (Å²) < 4.78 is 4.76. The first-order valence-corrected chi connectivity index (χ1v) is 6.16. The van der Waals surface area contributed by atoms with Gasteiger partial charge in [0.1, 0.15) is 5.69 Å². The van der Waals surface area contributed by atoms with Crippen LogP contribution in [-0.2, 0) is 9.53 Å². The van der Waals surface area contributed by atoms with E-state index in [2.05, 4.69) is 10.3 Å². The topological polar surface area (TPSA) is 94.3 Å². The Morgan fingerprint density at radius 3 is 2.94 bits per heavy atom. The summed E-state index contributed by atoms with van der Waals surface area (Å²) in [6.07, 6.45) is 0.845. The van der Waals surface area contributed by atoms with Crippen LogP contribution in [0.15, 0.2) is 5.38 Å². The van der Waals surface area contributed by atoms with E-state index in [1.807, 2.05) is 0 Å². The number of nitrogen functional groups attached to an aromatic ring is 1. The van der Waals surface area contributed by atoms with Crippen molar-refractivity contribution in [2.45, 2.75) is 19.8 Å². The Labute approximate surface area is 103 Å². The lowest BCUT2D eigenvalue weighted by atomic mass is 10.3. The van der Waals surface area contributed by atoms with Crippen molar-refractivity contribution in [2.75, 3.05) is 18.9 Å². The quantitative estimate of drug-likeness (QED) is 0.580. The van der Waals surface area contributed by atoms with Crippen molar-refractivity contribution in [1.82, 2.24) is 10.3 Å². The van der Waals surface area contributed by atoms with Crippen molar-refractivity contribution in [2.24, 2.45) is 0 Å². The molecule has 1 aromatic rings. The molecule has 0 saturated heterocycles. The summed E-state index contributed by atoms with van der Waals surface area (Å²) in [5.41, 5.74) is 5.72. The number of anilines is 1. The molecule has 6 nitrogen and oxygen atoms in total. The number of aromatic nitrogens is 1. The van der Waals surface area contributed by atoms with E-state index in [9.17, 15) is 9.59 Å². The Hall–Kier alpha value is -1.63. The van der Waals surface area contributed by atoms with Gasteiger partial charge in [0.15, 0.2) is 5.13 Å². The molecule has 1 rings (SSSR count). The molecule has 0 unspecified atom stereocenters. The molecule has 0 aliphatic rings. The first-order valence-electron chi connectivity index (χ1n) is 5.28. The number of nitrogens with two attached hydrogens (primary N) is 1. The molecule has 7 heteroatoms. The van der Waals surface area contributed by atoms with Crippen molar-refractivity contribution in [3.05, 3.63) is 11.1 Å². The number of hydrogen-bond donors (Lipinski definition) is 2. The van der Waals surface area contributed by atoms with Gasteiger partial charge >= 0.3 is 5.97 Å². The van der Waals surface area contributed by atoms with E-state index in [-0.39, 0.29) is 11.9 Å². The van der Waals surface area contributed by atoms with Crippen LogP contribution in [0.5, 0.6) is 0 Å². The maximum absolute atomic E-state index is 11.5. The molecule has 94 valence electrons. The fourth-order valence-electron chi connectivity index (χ4n) is 1.15. The van der Waals surface area contributed by atoms with Crippen molar-refractivity contribution < 1.29 is 14.3 Å². The zero-order chi connectivity index (χ0) is 12.7. The summed E-state index contributed by atoms with van der Waals surface area (Å²) in [6.45, 7) is 2.55. The highest BCUT2D eigenvalue weighted by atomic mass is 32.1. The Bertz CT molecular complexity index is 392. The van der Waals surface area contributed by atoms with Crippen LogP contribution in [0.2, 0.25) is 0 Å². The molecule has 1 heterocycles. The number of carbonyl (C=O) groups excluding carboxylic acids is 2. The van der Waals surface area contributed by atoms with E-state index in [1.54, 1.807) is 12.3 Å². The van der Waals surface area contributed by atoms with Gasteiger partial charge in [0.25, 0.3) is 5.91 Å². The summed E-state index contributed by atoms with van der Waals surface area (Å²) in [5.74, 6) is -0.526. The second kappa shape index (κ2) is 6.85. The Morgan fingerprint density at radius 1 is 1.59 bits per heavy atom. The molecule has 1 aromatic heterocycles. The standard InChI is InChI=1S/C10H15N3O3S/c1-2-16-8(14)4-3-5-12-9(15)7-6-17-10(11)13-7/h6H,2-5H2,1H3,(H2,11,13)(H,12,15). The van der Waals surface area contributed by atoms with Crippen LogP contribution < -0.4 is 11.1 Å². The average molecular weight is 257 g/mol. The number of hydrogen-bond acceptors (Lipinski definition) is 6. The number of rotatable bonds is 6. The Balaban J connectivity index is 2.19. The van der Waals surface area contributed by atoms with Gasteiger partial charge in [-0.2, -0.15) is 0 Å². The summed E-state index contributed by atoms with van der Waals surface area (Å²) in [7, 11) is 0. The van der Waals surface area contributed by atoms with Crippen molar-refractivity contribution in [3.8, 4) is 0 Å². The van der Waals surface area contributed by atoms with Crippen LogP contribution >= 0.6 is 11.3 Å². The highest BCUT2D eigenvalue weighted by Gasteiger charge is 2.09. The van der Waals surface area contributed by atoms with Crippen molar-refractivity contribution in [1.29, 1.82) is 0 Å². The molecule has 0 bridgehead atoms. The van der Waals surface area contributed by atoms with Crippen molar-refractivity contribution >= 4 is 28.3 Å². The second-order valence-corrected chi connectivity index (χ2v) is 4.13. The monoisotopic (exact) mass is 257 g/mol. The molecule has 0 radical (unpaired) electrons. The molecular formula is C10H15N3O3S. The zero-order valence-corrected chi connectivity index (χ0v) is 10.4. The summed E-state index contributed by atoms with van der Waals surface area (Å²) >= 11 is 1.22. The smallest absolute Gasteiger partial charge is 0.305 e. The third-order valence-electron chi connectivity index (χ3n) is 1.90. The number of esters is 1. The first kappa shape index (κ1) is 13.4.